The molecular formula is C24H25FN6O. The zero-order valence-electron chi connectivity index (χ0n) is 17.7. The molecule has 0 spiro atoms. The molecule has 1 saturated carbocycles. The zero-order valence-corrected chi connectivity index (χ0v) is 17.7. The highest BCUT2D eigenvalue weighted by molar-refractivity contribution is 5.92. The average molecular weight is 433 g/mol. The van der Waals surface area contributed by atoms with Crippen LogP contribution < -0.4 is 16.0 Å². The molecule has 2 heterocycles. The maximum absolute atomic E-state index is 13.2. The molecule has 164 valence electrons. The second kappa shape index (κ2) is 9.55. The SMILES string of the molecule is Cc1cc(Nc2cnc(NC(=O)N[C@H]3CCC[C@H]3c3ccc(F)cc3)cc2C=N)ccn1. The van der Waals surface area contributed by atoms with Crippen LogP contribution in [0, 0.1) is 18.2 Å². The smallest absolute Gasteiger partial charge is 0.320 e. The number of pyridine rings is 2. The van der Waals surface area contributed by atoms with E-state index < -0.39 is 0 Å². The number of nitrogens with one attached hydrogen (secondary N) is 4. The van der Waals surface area contributed by atoms with E-state index in [4.69, 9.17) is 5.41 Å². The lowest BCUT2D eigenvalue weighted by Gasteiger charge is -2.21. The molecule has 1 aromatic carbocycles. The summed E-state index contributed by atoms with van der Waals surface area (Å²) in [4.78, 5) is 21.1. The van der Waals surface area contributed by atoms with Crippen molar-refractivity contribution in [1.29, 1.82) is 5.41 Å². The Morgan fingerprint density at radius 2 is 1.97 bits per heavy atom. The number of carbonyl (C=O) groups excluding carboxylic acids is 1. The van der Waals surface area contributed by atoms with Gasteiger partial charge in [-0.2, -0.15) is 0 Å². The second-order valence-corrected chi connectivity index (χ2v) is 7.91. The molecule has 1 fully saturated rings. The van der Waals surface area contributed by atoms with Gasteiger partial charge in [0.15, 0.2) is 0 Å². The van der Waals surface area contributed by atoms with E-state index in [1.807, 2.05) is 19.1 Å². The average Bonchev–Trinajstić information content (AvgIpc) is 3.23. The van der Waals surface area contributed by atoms with Gasteiger partial charge in [0, 0.05) is 41.3 Å². The molecule has 0 aliphatic heterocycles. The van der Waals surface area contributed by atoms with Crippen LogP contribution in [0.15, 0.2) is 54.9 Å². The van der Waals surface area contributed by atoms with E-state index in [1.165, 1.54) is 18.3 Å². The molecule has 8 heteroatoms. The summed E-state index contributed by atoms with van der Waals surface area (Å²) in [5.41, 5.74) is 3.99. The Morgan fingerprint density at radius 1 is 1.16 bits per heavy atom. The van der Waals surface area contributed by atoms with Gasteiger partial charge in [-0.25, -0.2) is 14.2 Å². The van der Waals surface area contributed by atoms with Crippen molar-refractivity contribution in [2.45, 2.75) is 38.1 Å². The third kappa shape index (κ3) is 5.08. The van der Waals surface area contributed by atoms with E-state index in [-0.39, 0.29) is 23.8 Å². The molecule has 2 atom stereocenters. The summed E-state index contributed by atoms with van der Waals surface area (Å²) in [5.74, 6) is 0.245. The number of carbonyl (C=O) groups is 1. The first kappa shape index (κ1) is 21.4. The highest BCUT2D eigenvalue weighted by Crippen LogP contribution is 2.34. The molecule has 7 nitrogen and oxygen atoms in total. The quantitative estimate of drug-likeness (QED) is 0.406. The van der Waals surface area contributed by atoms with Gasteiger partial charge in [-0.05, 0) is 55.7 Å². The van der Waals surface area contributed by atoms with Crippen molar-refractivity contribution in [3.63, 3.8) is 0 Å². The van der Waals surface area contributed by atoms with Crippen LogP contribution in [-0.4, -0.2) is 28.3 Å². The summed E-state index contributed by atoms with van der Waals surface area (Å²) in [6.07, 6.45) is 7.31. The van der Waals surface area contributed by atoms with Gasteiger partial charge in [0.05, 0.1) is 11.9 Å². The number of rotatable bonds is 6. The van der Waals surface area contributed by atoms with Gasteiger partial charge in [-0.15, -0.1) is 0 Å². The predicted octanol–water partition coefficient (Wildman–Crippen LogP) is 5.12. The fourth-order valence-electron chi connectivity index (χ4n) is 4.10. The number of benzene rings is 1. The van der Waals surface area contributed by atoms with Crippen molar-refractivity contribution in [1.82, 2.24) is 15.3 Å². The number of hydrogen-bond donors (Lipinski definition) is 4. The predicted molar refractivity (Wildman–Crippen MR) is 123 cm³/mol. The summed E-state index contributed by atoms with van der Waals surface area (Å²) in [5, 5.41) is 16.7. The van der Waals surface area contributed by atoms with Crippen LogP contribution in [-0.2, 0) is 0 Å². The monoisotopic (exact) mass is 432 g/mol. The van der Waals surface area contributed by atoms with Crippen LogP contribution in [0.25, 0.3) is 0 Å². The fraction of sp³-hybridized carbons (Fsp3) is 0.250. The van der Waals surface area contributed by atoms with Crippen molar-refractivity contribution >= 4 is 29.4 Å². The van der Waals surface area contributed by atoms with Crippen molar-refractivity contribution < 1.29 is 9.18 Å². The summed E-state index contributed by atoms with van der Waals surface area (Å²) in [6, 6.07) is 11.5. The Balaban J connectivity index is 1.41. The van der Waals surface area contributed by atoms with E-state index in [9.17, 15) is 9.18 Å². The maximum Gasteiger partial charge on any atom is 0.320 e. The lowest BCUT2D eigenvalue weighted by atomic mass is 9.94. The van der Waals surface area contributed by atoms with E-state index in [1.54, 1.807) is 30.6 Å². The van der Waals surface area contributed by atoms with E-state index in [0.717, 1.165) is 36.2 Å². The fourth-order valence-corrected chi connectivity index (χ4v) is 4.10. The molecular weight excluding hydrogens is 407 g/mol. The number of nitrogens with zero attached hydrogens (tertiary/aromatic N) is 2. The molecule has 2 amide bonds. The van der Waals surface area contributed by atoms with Crippen LogP contribution in [0.5, 0.6) is 0 Å². The third-order valence-corrected chi connectivity index (χ3v) is 5.64. The standard InChI is InChI=1S/C24H25FN6O/c1-15-11-19(9-10-27-15)29-22-14-28-23(12-17(22)13-26)31-24(32)30-21-4-2-3-20(21)16-5-7-18(25)8-6-16/h5-14,20-21,26H,2-4H2,1H3,(H,27,29)(H2,28,30,31,32)/t20-,21-/m0/s1. The Morgan fingerprint density at radius 3 is 2.72 bits per heavy atom. The number of halogens is 1. The first-order chi connectivity index (χ1) is 15.5. The van der Waals surface area contributed by atoms with Crippen molar-refractivity contribution in [3.8, 4) is 0 Å². The maximum atomic E-state index is 13.2. The zero-order chi connectivity index (χ0) is 22.5. The number of aryl methyl sites for hydroxylation is 1. The Hall–Kier alpha value is -3.81. The van der Waals surface area contributed by atoms with Gasteiger partial charge in [0.2, 0.25) is 0 Å². The largest absolute Gasteiger partial charge is 0.354 e. The van der Waals surface area contributed by atoms with Gasteiger partial charge in [0.25, 0.3) is 0 Å². The molecule has 3 aromatic rings. The van der Waals surface area contributed by atoms with Gasteiger partial charge in [0.1, 0.15) is 11.6 Å². The van der Waals surface area contributed by atoms with Crippen LogP contribution in [0.2, 0.25) is 0 Å². The highest BCUT2D eigenvalue weighted by atomic mass is 19.1. The molecule has 0 saturated heterocycles. The van der Waals surface area contributed by atoms with E-state index in [0.29, 0.717) is 17.1 Å². The lowest BCUT2D eigenvalue weighted by molar-refractivity contribution is 0.247. The minimum absolute atomic E-state index is 0.0291. The van der Waals surface area contributed by atoms with Gasteiger partial charge in [-0.3, -0.25) is 10.3 Å². The van der Waals surface area contributed by atoms with Crippen molar-refractivity contribution in [2.24, 2.45) is 0 Å². The first-order valence-electron chi connectivity index (χ1n) is 10.5. The van der Waals surface area contributed by atoms with Crippen molar-refractivity contribution in [2.75, 3.05) is 10.6 Å². The van der Waals surface area contributed by atoms with Gasteiger partial charge < -0.3 is 16.0 Å². The normalized spacial score (nSPS) is 17.6. The lowest BCUT2D eigenvalue weighted by Crippen LogP contribution is -2.39. The second-order valence-electron chi connectivity index (χ2n) is 7.91. The molecule has 0 radical (unpaired) electrons. The Bertz CT molecular complexity index is 1120. The number of aromatic nitrogens is 2. The van der Waals surface area contributed by atoms with E-state index in [2.05, 4.69) is 25.9 Å². The number of amides is 2. The Kier molecular flexibility index (Phi) is 6.39. The summed E-state index contributed by atoms with van der Waals surface area (Å²) >= 11 is 0. The number of anilines is 3. The van der Waals surface area contributed by atoms with Gasteiger partial charge >= 0.3 is 6.03 Å². The van der Waals surface area contributed by atoms with Crippen LogP contribution in [0.4, 0.5) is 26.4 Å². The minimum atomic E-state index is -0.349. The molecule has 32 heavy (non-hydrogen) atoms. The molecule has 2 aromatic heterocycles. The molecule has 0 unspecified atom stereocenters. The molecule has 4 N–H and O–H groups in total. The molecule has 4 rings (SSSR count). The highest BCUT2D eigenvalue weighted by Gasteiger charge is 2.30. The van der Waals surface area contributed by atoms with E-state index >= 15 is 0 Å². The minimum Gasteiger partial charge on any atom is -0.354 e. The Labute approximate surface area is 186 Å². The van der Waals surface area contributed by atoms with Crippen LogP contribution in [0.1, 0.15) is 42.0 Å². The summed E-state index contributed by atoms with van der Waals surface area (Å²) in [7, 11) is 0. The molecule has 1 aliphatic rings. The number of urea groups is 1. The van der Waals surface area contributed by atoms with Crippen LogP contribution in [0.3, 0.4) is 0 Å². The first-order valence-corrected chi connectivity index (χ1v) is 10.5. The summed E-state index contributed by atoms with van der Waals surface area (Å²) < 4.78 is 13.2. The third-order valence-electron chi connectivity index (χ3n) is 5.64. The van der Waals surface area contributed by atoms with Crippen LogP contribution >= 0.6 is 0 Å². The number of hydrogen-bond acceptors (Lipinski definition) is 5. The topological polar surface area (TPSA) is 103 Å². The van der Waals surface area contributed by atoms with Crippen molar-refractivity contribution in [3.05, 3.63) is 77.5 Å². The summed E-state index contributed by atoms with van der Waals surface area (Å²) in [6.45, 7) is 1.90. The van der Waals surface area contributed by atoms with Gasteiger partial charge in [-0.1, -0.05) is 18.6 Å². The molecule has 1 aliphatic carbocycles. The molecule has 0 bridgehead atoms.